The van der Waals surface area contributed by atoms with Crippen LogP contribution in [0.4, 0.5) is 27.1 Å². The summed E-state index contributed by atoms with van der Waals surface area (Å²) in [5.74, 6) is -0.292. The topological polar surface area (TPSA) is 19.6 Å². The first-order valence-corrected chi connectivity index (χ1v) is 10.5. The van der Waals surface area contributed by atoms with Crippen molar-refractivity contribution in [3.8, 4) is 0 Å². The predicted molar refractivity (Wildman–Crippen MR) is 125 cm³/mol. The minimum Gasteiger partial charge on any atom is -0.454 e. The number of para-hydroxylation sites is 3. The Kier molecular flexibility index (Phi) is 3.84. The summed E-state index contributed by atoms with van der Waals surface area (Å²) >= 11 is 0. The van der Waals surface area contributed by atoms with Gasteiger partial charge >= 0.3 is 0 Å². The third kappa shape index (κ3) is 2.58. The number of hydrogen-bond acceptors (Lipinski definition) is 3. The van der Waals surface area contributed by atoms with Crippen molar-refractivity contribution in [1.82, 2.24) is 0 Å². The Balaban J connectivity index is 1.62. The number of rotatable bonds is 2. The number of furan rings is 1. The Bertz CT molecular complexity index is 1440. The number of halogens is 1. The van der Waals surface area contributed by atoms with Crippen molar-refractivity contribution < 1.29 is 8.81 Å². The normalized spacial score (nSPS) is 15.8. The first-order valence-electron chi connectivity index (χ1n) is 10.5. The Morgan fingerprint density at radius 3 is 2.23 bits per heavy atom. The van der Waals surface area contributed by atoms with Gasteiger partial charge in [0.25, 0.3) is 0 Å². The number of anilines is 4. The fourth-order valence-corrected chi connectivity index (χ4v) is 4.84. The van der Waals surface area contributed by atoms with Gasteiger partial charge in [-0.2, -0.15) is 0 Å². The number of nitrogens with zero attached hydrogens (tertiary/aromatic N) is 2. The number of benzene rings is 4. The van der Waals surface area contributed by atoms with E-state index in [2.05, 4.69) is 84.3 Å². The van der Waals surface area contributed by atoms with E-state index < -0.39 is 0 Å². The lowest BCUT2D eigenvalue weighted by atomic mass is 10.1. The summed E-state index contributed by atoms with van der Waals surface area (Å²) < 4.78 is 20.1. The average molecular weight is 408 g/mol. The molecule has 0 amide bonds. The van der Waals surface area contributed by atoms with Gasteiger partial charge in [0.1, 0.15) is 17.6 Å². The lowest BCUT2D eigenvalue weighted by Crippen LogP contribution is -2.35. The summed E-state index contributed by atoms with van der Waals surface area (Å²) in [6, 6.07) is 27.8. The molecule has 0 bridgehead atoms. The van der Waals surface area contributed by atoms with E-state index in [1.54, 1.807) is 6.07 Å². The van der Waals surface area contributed by atoms with Crippen molar-refractivity contribution in [2.45, 2.75) is 20.0 Å². The molecule has 1 aliphatic rings. The fourth-order valence-electron chi connectivity index (χ4n) is 4.84. The van der Waals surface area contributed by atoms with E-state index in [1.165, 1.54) is 12.1 Å². The lowest BCUT2D eigenvalue weighted by Gasteiger charge is -2.31. The van der Waals surface area contributed by atoms with E-state index in [0.29, 0.717) is 5.58 Å². The van der Waals surface area contributed by atoms with Crippen LogP contribution < -0.4 is 9.80 Å². The van der Waals surface area contributed by atoms with Crippen LogP contribution in [0.25, 0.3) is 21.9 Å². The maximum atomic E-state index is 13.9. The summed E-state index contributed by atoms with van der Waals surface area (Å²) in [4.78, 5) is 4.68. The maximum absolute atomic E-state index is 13.9. The van der Waals surface area contributed by atoms with Gasteiger partial charge in [-0.1, -0.05) is 42.5 Å². The molecular formula is C27H21FN2O. The summed E-state index contributed by atoms with van der Waals surface area (Å²) in [5, 5.41) is 1.93. The van der Waals surface area contributed by atoms with Crippen LogP contribution in [0.1, 0.15) is 12.5 Å². The highest BCUT2D eigenvalue weighted by atomic mass is 19.1. The van der Waals surface area contributed by atoms with Gasteiger partial charge in [-0.15, -0.1) is 0 Å². The second-order valence-corrected chi connectivity index (χ2v) is 8.05. The van der Waals surface area contributed by atoms with Crippen LogP contribution in [0.2, 0.25) is 0 Å². The zero-order chi connectivity index (χ0) is 21.1. The van der Waals surface area contributed by atoms with Crippen molar-refractivity contribution in [2.24, 2.45) is 0 Å². The molecule has 0 fully saturated rings. The quantitative estimate of drug-likeness (QED) is 0.299. The van der Waals surface area contributed by atoms with Crippen molar-refractivity contribution >= 4 is 44.7 Å². The van der Waals surface area contributed by atoms with Crippen LogP contribution in [0.3, 0.4) is 0 Å². The molecule has 1 aromatic heterocycles. The molecule has 1 atom stereocenters. The summed E-state index contributed by atoms with van der Waals surface area (Å²) in [6.45, 7) is 4.30. The van der Waals surface area contributed by atoms with Gasteiger partial charge in [-0.05, 0) is 55.8 Å². The van der Waals surface area contributed by atoms with Crippen LogP contribution in [0.5, 0.6) is 0 Å². The van der Waals surface area contributed by atoms with E-state index >= 15 is 0 Å². The summed E-state index contributed by atoms with van der Waals surface area (Å²) in [7, 11) is 0. The van der Waals surface area contributed by atoms with Gasteiger partial charge in [0, 0.05) is 22.5 Å². The van der Waals surface area contributed by atoms with Crippen molar-refractivity contribution in [3.05, 3.63) is 96.3 Å². The summed E-state index contributed by atoms with van der Waals surface area (Å²) in [5.41, 5.74) is 6.91. The van der Waals surface area contributed by atoms with Gasteiger partial charge in [-0.3, -0.25) is 0 Å². The second kappa shape index (κ2) is 6.61. The van der Waals surface area contributed by atoms with Crippen LogP contribution in [0.15, 0.2) is 89.3 Å². The zero-order valence-electron chi connectivity index (χ0n) is 17.3. The van der Waals surface area contributed by atoms with Gasteiger partial charge in [0.05, 0.1) is 17.1 Å². The molecule has 1 aliphatic heterocycles. The number of fused-ring (bicyclic) bond motifs is 4. The third-order valence-electron chi connectivity index (χ3n) is 6.20. The van der Waals surface area contributed by atoms with Gasteiger partial charge in [0.2, 0.25) is 0 Å². The molecular weight excluding hydrogens is 387 g/mol. The molecule has 152 valence electrons. The monoisotopic (exact) mass is 408 g/mol. The van der Waals surface area contributed by atoms with E-state index in [0.717, 1.165) is 44.7 Å². The first kappa shape index (κ1) is 18.0. The predicted octanol–water partition coefficient (Wildman–Crippen LogP) is 7.67. The molecule has 31 heavy (non-hydrogen) atoms. The van der Waals surface area contributed by atoms with Crippen LogP contribution in [-0.4, -0.2) is 6.17 Å². The zero-order valence-corrected chi connectivity index (χ0v) is 17.3. The third-order valence-corrected chi connectivity index (χ3v) is 6.20. The Hall–Kier alpha value is -3.79. The Morgan fingerprint density at radius 2 is 1.45 bits per heavy atom. The van der Waals surface area contributed by atoms with Crippen LogP contribution in [-0.2, 0) is 0 Å². The summed E-state index contributed by atoms with van der Waals surface area (Å²) in [6.07, 6.45) is 0.0362. The first-order chi connectivity index (χ1) is 15.1. The van der Waals surface area contributed by atoms with E-state index in [1.807, 2.05) is 6.07 Å². The highest BCUT2D eigenvalue weighted by molar-refractivity contribution is 6.11. The van der Waals surface area contributed by atoms with E-state index in [-0.39, 0.29) is 12.0 Å². The minimum atomic E-state index is -0.292. The molecule has 0 saturated carbocycles. The molecule has 0 aliphatic carbocycles. The van der Waals surface area contributed by atoms with Crippen LogP contribution >= 0.6 is 0 Å². The molecule has 4 aromatic carbocycles. The molecule has 0 saturated heterocycles. The van der Waals surface area contributed by atoms with Gasteiger partial charge < -0.3 is 14.2 Å². The number of hydrogen-bond donors (Lipinski definition) is 0. The van der Waals surface area contributed by atoms with E-state index in [4.69, 9.17) is 4.42 Å². The molecule has 2 heterocycles. The average Bonchev–Trinajstić information content (AvgIpc) is 3.28. The molecule has 4 heteroatoms. The van der Waals surface area contributed by atoms with Gasteiger partial charge in [-0.25, -0.2) is 4.39 Å². The van der Waals surface area contributed by atoms with Crippen LogP contribution in [0, 0.1) is 12.7 Å². The molecule has 1 unspecified atom stereocenters. The van der Waals surface area contributed by atoms with Crippen molar-refractivity contribution in [3.63, 3.8) is 0 Å². The molecule has 0 spiro atoms. The molecule has 3 nitrogen and oxygen atoms in total. The second-order valence-electron chi connectivity index (χ2n) is 8.05. The molecule has 0 radical (unpaired) electrons. The SMILES string of the molecule is Cc1ccc2c(oc3cc(F)ccc32)c1N1c2ccccc2N(c2ccccc2)C1C. The highest BCUT2D eigenvalue weighted by Gasteiger charge is 2.36. The minimum absolute atomic E-state index is 0.0362. The standard InChI is InChI=1S/C27H21FN2O/c1-17-12-14-22-21-15-13-19(28)16-25(21)31-27(22)26(17)30-18(2)29(20-8-4-3-5-9-20)23-10-6-7-11-24(23)30/h3-16,18H,1-2H3. The highest BCUT2D eigenvalue weighted by Crippen LogP contribution is 2.50. The Morgan fingerprint density at radius 1 is 0.774 bits per heavy atom. The van der Waals surface area contributed by atoms with Gasteiger partial charge in [0.15, 0.2) is 5.58 Å². The Labute approximate surface area is 179 Å². The molecule has 6 rings (SSSR count). The van der Waals surface area contributed by atoms with Crippen molar-refractivity contribution in [2.75, 3.05) is 9.80 Å². The lowest BCUT2D eigenvalue weighted by molar-refractivity contribution is 0.617. The fraction of sp³-hybridized carbons (Fsp3) is 0.111. The smallest absolute Gasteiger partial charge is 0.159 e. The number of aryl methyl sites for hydroxylation is 1. The molecule has 0 N–H and O–H groups in total. The maximum Gasteiger partial charge on any atom is 0.159 e. The van der Waals surface area contributed by atoms with E-state index in [9.17, 15) is 4.39 Å². The largest absolute Gasteiger partial charge is 0.454 e. The van der Waals surface area contributed by atoms with Crippen molar-refractivity contribution in [1.29, 1.82) is 0 Å². The molecule has 5 aromatic rings.